The number of Topliss-reactive ketones (excluding diaryl/α,β-unsaturated/α-hetero) is 1. The molecule has 5 nitrogen and oxygen atoms in total. The molecule has 0 aliphatic rings. The maximum Gasteiger partial charge on any atom is 0.171 e. The molecule has 2 N–H and O–H groups in total. The third-order valence-electron chi connectivity index (χ3n) is 3.46. The summed E-state index contributed by atoms with van der Waals surface area (Å²) in [6.07, 6.45) is 1.66. The number of ether oxygens (including phenoxy) is 2. The van der Waals surface area contributed by atoms with E-state index in [2.05, 4.69) is 4.98 Å². The number of anilines is 1. The van der Waals surface area contributed by atoms with Crippen molar-refractivity contribution in [2.75, 3.05) is 12.8 Å². The highest BCUT2D eigenvalue weighted by Gasteiger charge is 2.17. The highest BCUT2D eigenvalue weighted by molar-refractivity contribution is 7.21. The minimum absolute atomic E-state index is 0.0633. The SMILES string of the molecule is COc1ccc(COc2ccnc3sc(C(C)=O)c(N)c23)cc1. The van der Waals surface area contributed by atoms with Crippen molar-refractivity contribution in [2.24, 2.45) is 0 Å². The fraction of sp³-hybridized carbons (Fsp3) is 0.176. The van der Waals surface area contributed by atoms with E-state index in [1.165, 1.54) is 18.3 Å². The summed E-state index contributed by atoms with van der Waals surface area (Å²) < 4.78 is 11.0. The first kappa shape index (κ1) is 15.3. The van der Waals surface area contributed by atoms with Crippen LogP contribution in [0.4, 0.5) is 5.69 Å². The number of benzene rings is 1. The average molecular weight is 328 g/mol. The lowest BCUT2D eigenvalue weighted by Gasteiger charge is -2.08. The third-order valence-corrected chi connectivity index (χ3v) is 4.68. The summed E-state index contributed by atoms with van der Waals surface area (Å²) in [6.45, 7) is 1.90. The van der Waals surface area contributed by atoms with E-state index in [4.69, 9.17) is 15.2 Å². The molecular formula is C17H16N2O3S. The van der Waals surface area contributed by atoms with Crippen LogP contribution in [-0.4, -0.2) is 17.9 Å². The van der Waals surface area contributed by atoms with Gasteiger partial charge in [-0.2, -0.15) is 0 Å². The normalized spacial score (nSPS) is 10.7. The summed E-state index contributed by atoms with van der Waals surface area (Å²) in [6, 6.07) is 9.41. The molecule has 3 rings (SSSR count). The van der Waals surface area contributed by atoms with E-state index in [1.54, 1.807) is 19.4 Å². The van der Waals surface area contributed by atoms with Gasteiger partial charge in [-0.15, -0.1) is 11.3 Å². The second kappa shape index (κ2) is 6.26. The molecule has 2 heterocycles. The summed E-state index contributed by atoms with van der Waals surface area (Å²) in [4.78, 5) is 17.1. The molecule has 118 valence electrons. The van der Waals surface area contributed by atoms with Crippen LogP contribution in [-0.2, 0) is 6.61 Å². The monoisotopic (exact) mass is 328 g/mol. The Balaban J connectivity index is 1.89. The van der Waals surface area contributed by atoms with Gasteiger partial charge >= 0.3 is 0 Å². The number of pyridine rings is 1. The van der Waals surface area contributed by atoms with Gasteiger partial charge in [-0.1, -0.05) is 12.1 Å². The number of aromatic nitrogens is 1. The average Bonchev–Trinajstić information content (AvgIpc) is 2.91. The zero-order valence-corrected chi connectivity index (χ0v) is 13.6. The van der Waals surface area contributed by atoms with Crippen LogP contribution in [0.25, 0.3) is 10.2 Å². The van der Waals surface area contributed by atoms with Gasteiger partial charge in [-0.3, -0.25) is 4.79 Å². The zero-order valence-electron chi connectivity index (χ0n) is 12.8. The maximum atomic E-state index is 11.6. The van der Waals surface area contributed by atoms with Crippen LogP contribution >= 0.6 is 11.3 Å². The second-order valence-corrected chi connectivity index (χ2v) is 6.03. The number of nitrogen functional groups attached to an aromatic ring is 1. The molecule has 0 saturated heterocycles. The van der Waals surface area contributed by atoms with Gasteiger partial charge in [-0.25, -0.2) is 4.98 Å². The first-order chi connectivity index (χ1) is 11.1. The lowest BCUT2D eigenvalue weighted by molar-refractivity contribution is 0.102. The minimum Gasteiger partial charge on any atom is -0.497 e. The van der Waals surface area contributed by atoms with E-state index in [0.29, 0.717) is 33.1 Å². The molecule has 0 fully saturated rings. The summed E-state index contributed by atoms with van der Waals surface area (Å²) in [5.74, 6) is 1.37. The molecule has 0 bridgehead atoms. The Morgan fingerprint density at radius 2 is 2.00 bits per heavy atom. The molecule has 0 saturated carbocycles. The molecule has 23 heavy (non-hydrogen) atoms. The Bertz CT molecular complexity index is 856. The fourth-order valence-electron chi connectivity index (χ4n) is 2.28. The topological polar surface area (TPSA) is 74.4 Å². The summed E-state index contributed by atoms with van der Waals surface area (Å²) in [5.41, 5.74) is 7.55. The van der Waals surface area contributed by atoms with Gasteiger partial charge in [0, 0.05) is 13.1 Å². The first-order valence-corrected chi connectivity index (χ1v) is 7.85. The zero-order chi connectivity index (χ0) is 16.4. The van der Waals surface area contributed by atoms with Crippen LogP contribution in [0, 0.1) is 0 Å². The summed E-state index contributed by atoms with van der Waals surface area (Å²) in [7, 11) is 1.63. The van der Waals surface area contributed by atoms with Crippen molar-refractivity contribution in [1.82, 2.24) is 4.98 Å². The lowest BCUT2D eigenvalue weighted by Crippen LogP contribution is -1.98. The van der Waals surface area contributed by atoms with Crippen molar-refractivity contribution in [3.8, 4) is 11.5 Å². The molecule has 0 radical (unpaired) electrons. The van der Waals surface area contributed by atoms with Gasteiger partial charge in [0.05, 0.1) is 23.1 Å². The quantitative estimate of drug-likeness (QED) is 0.723. The standard InChI is InChI=1S/C17H16N2O3S/c1-10(20)16-15(18)14-13(7-8-19-17(14)23-16)22-9-11-3-5-12(21-2)6-4-11/h3-8H,9,18H2,1-2H3. The molecule has 0 aliphatic heterocycles. The number of hydrogen-bond donors (Lipinski definition) is 1. The van der Waals surface area contributed by atoms with Gasteiger partial charge in [0.25, 0.3) is 0 Å². The van der Waals surface area contributed by atoms with Crippen molar-refractivity contribution in [3.05, 3.63) is 47.0 Å². The van der Waals surface area contributed by atoms with Crippen LogP contribution in [0.3, 0.4) is 0 Å². The first-order valence-electron chi connectivity index (χ1n) is 7.03. The highest BCUT2D eigenvalue weighted by atomic mass is 32.1. The Morgan fingerprint density at radius 3 is 2.65 bits per heavy atom. The number of fused-ring (bicyclic) bond motifs is 1. The van der Waals surface area contributed by atoms with E-state index in [9.17, 15) is 4.79 Å². The number of hydrogen-bond acceptors (Lipinski definition) is 6. The summed E-state index contributed by atoms with van der Waals surface area (Å²) in [5, 5.41) is 0.705. The van der Waals surface area contributed by atoms with Gasteiger partial charge in [0.2, 0.25) is 0 Å². The van der Waals surface area contributed by atoms with Gasteiger partial charge < -0.3 is 15.2 Å². The third kappa shape index (κ3) is 2.98. The number of methoxy groups -OCH3 is 1. The van der Waals surface area contributed by atoms with Crippen LogP contribution < -0.4 is 15.2 Å². The van der Waals surface area contributed by atoms with Crippen molar-refractivity contribution in [2.45, 2.75) is 13.5 Å². The number of nitrogens with two attached hydrogens (primary N) is 1. The number of ketones is 1. The molecule has 6 heteroatoms. The van der Waals surface area contributed by atoms with Gasteiger partial charge in [0.1, 0.15) is 22.9 Å². The molecule has 3 aromatic rings. The predicted molar refractivity (Wildman–Crippen MR) is 91.4 cm³/mol. The van der Waals surface area contributed by atoms with E-state index < -0.39 is 0 Å². The van der Waals surface area contributed by atoms with Crippen LogP contribution in [0.15, 0.2) is 36.5 Å². The van der Waals surface area contributed by atoms with Crippen LogP contribution in [0.5, 0.6) is 11.5 Å². The number of rotatable bonds is 5. The molecule has 0 atom stereocenters. The smallest absolute Gasteiger partial charge is 0.171 e. The number of thiophene rings is 1. The number of nitrogens with zero attached hydrogens (tertiary/aromatic N) is 1. The van der Waals surface area contributed by atoms with Crippen LogP contribution in [0.2, 0.25) is 0 Å². The predicted octanol–water partition coefficient (Wildman–Crippen LogP) is 3.67. The highest BCUT2D eigenvalue weighted by Crippen LogP contribution is 2.38. The van der Waals surface area contributed by atoms with E-state index in [-0.39, 0.29) is 5.78 Å². The molecule has 0 aliphatic carbocycles. The number of carbonyl (C=O) groups excluding carboxylic acids is 1. The Hall–Kier alpha value is -2.60. The van der Waals surface area contributed by atoms with E-state index in [0.717, 1.165) is 11.3 Å². The minimum atomic E-state index is -0.0633. The number of carbonyl (C=O) groups is 1. The fourth-order valence-corrected chi connectivity index (χ4v) is 3.26. The summed E-state index contributed by atoms with van der Waals surface area (Å²) >= 11 is 1.29. The van der Waals surface area contributed by atoms with Crippen molar-refractivity contribution < 1.29 is 14.3 Å². The Kier molecular flexibility index (Phi) is 4.16. The molecule has 2 aromatic heterocycles. The van der Waals surface area contributed by atoms with E-state index in [1.807, 2.05) is 24.3 Å². The molecule has 0 unspecified atom stereocenters. The second-order valence-electron chi connectivity index (χ2n) is 5.03. The Morgan fingerprint density at radius 1 is 1.26 bits per heavy atom. The molecule has 0 spiro atoms. The van der Waals surface area contributed by atoms with E-state index >= 15 is 0 Å². The maximum absolute atomic E-state index is 11.6. The molecular weight excluding hydrogens is 312 g/mol. The van der Waals surface area contributed by atoms with Crippen molar-refractivity contribution >= 4 is 33.0 Å². The van der Waals surface area contributed by atoms with Gasteiger partial charge in [-0.05, 0) is 23.8 Å². The van der Waals surface area contributed by atoms with Gasteiger partial charge in [0.15, 0.2) is 5.78 Å². The van der Waals surface area contributed by atoms with Crippen molar-refractivity contribution in [3.63, 3.8) is 0 Å². The lowest BCUT2D eigenvalue weighted by atomic mass is 10.2. The van der Waals surface area contributed by atoms with Crippen LogP contribution in [0.1, 0.15) is 22.2 Å². The molecule has 1 aromatic carbocycles. The molecule has 0 amide bonds. The largest absolute Gasteiger partial charge is 0.497 e. The Labute approximate surface area is 137 Å². The van der Waals surface area contributed by atoms with Crippen molar-refractivity contribution in [1.29, 1.82) is 0 Å².